The van der Waals surface area contributed by atoms with Gasteiger partial charge in [-0.25, -0.2) is 4.68 Å². The Balaban J connectivity index is 2.42. The highest BCUT2D eigenvalue weighted by molar-refractivity contribution is 9.10. The van der Waals surface area contributed by atoms with Crippen molar-refractivity contribution in [3.8, 4) is 11.8 Å². The fourth-order valence-corrected chi connectivity index (χ4v) is 2.05. The van der Waals surface area contributed by atoms with E-state index in [1.807, 2.05) is 25.3 Å². The van der Waals surface area contributed by atoms with Gasteiger partial charge in [0.1, 0.15) is 0 Å². The van der Waals surface area contributed by atoms with Crippen molar-refractivity contribution >= 4 is 27.5 Å². The van der Waals surface area contributed by atoms with E-state index in [1.54, 1.807) is 16.9 Å². The van der Waals surface area contributed by atoms with Crippen LogP contribution in [0.25, 0.3) is 5.69 Å². The molecule has 2 rings (SSSR count). The van der Waals surface area contributed by atoms with Crippen LogP contribution in [0.1, 0.15) is 18.4 Å². The Morgan fingerprint density at radius 1 is 1.53 bits per heavy atom. The van der Waals surface area contributed by atoms with Gasteiger partial charge in [-0.2, -0.15) is 10.4 Å². The number of hydrogen-bond donors (Lipinski definition) is 0. The third-order valence-electron chi connectivity index (χ3n) is 2.46. The molecule has 0 bridgehead atoms. The van der Waals surface area contributed by atoms with Gasteiger partial charge in [0, 0.05) is 6.20 Å². The van der Waals surface area contributed by atoms with Crippen LogP contribution in [-0.4, -0.2) is 9.78 Å². The van der Waals surface area contributed by atoms with Gasteiger partial charge in [0.05, 0.1) is 33.4 Å². The van der Waals surface area contributed by atoms with E-state index < -0.39 is 0 Å². The van der Waals surface area contributed by atoms with E-state index in [0.717, 1.165) is 15.7 Å². The van der Waals surface area contributed by atoms with Crippen LogP contribution in [0.3, 0.4) is 0 Å². The molecule has 1 aromatic heterocycles. The van der Waals surface area contributed by atoms with Gasteiger partial charge in [-0.1, -0.05) is 17.7 Å². The molecular weight excluding hydrogens is 302 g/mol. The molecule has 2 aromatic rings. The molecule has 0 fully saturated rings. The summed E-state index contributed by atoms with van der Waals surface area (Å²) >= 11 is 9.52. The topological polar surface area (TPSA) is 41.6 Å². The van der Waals surface area contributed by atoms with Gasteiger partial charge < -0.3 is 0 Å². The highest BCUT2D eigenvalue weighted by Gasteiger charge is 2.09. The Hall–Kier alpha value is -1.31. The molecule has 0 saturated heterocycles. The summed E-state index contributed by atoms with van der Waals surface area (Å²) in [5.41, 5.74) is 1.71. The van der Waals surface area contributed by atoms with Gasteiger partial charge in [-0.3, -0.25) is 0 Å². The molecule has 1 aromatic carbocycles. The lowest BCUT2D eigenvalue weighted by atomic mass is 10.0. The zero-order valence-electron chi connectivity index (χ0n) is 9.06. The third-order valence-corrected chi connectivity index (χ3v) is 3.18. The van der Waals surface area contributed by atoms with Crippen molar-refractivity contribution < 1.29 is 0 Å². The summed E-state index contributed by atoms with van der Waals surface area (Å²) in [7, 11) is 0. The van der Waals surface area contributed by atoms with Crippen molar-refractivity contribution in [1.29, 1.82) is 5.26 Å². The molecule has 1 unspecified atom stereocenters. The Bertz CT molecular complexity index is 586. The van der Waals surface area contributed by atoms with Crippen molar-refractivity contribution in [3.05, 3.63) is 45.7 Å². The second-order valence-electron chi connectivity index (χ2n) is 3.66. The van der Waals surface area contributed by atoms with E-state index >= 15 is 0 Å². The Kier molecular flexibility index (Phi) is 3.51. The molecule has 86 valence electrons. The molecule has 3 nitrogen and oxygen atoms in total. The third kappa shape index (κ3) is 2.51. The number of nitriles is 1. The second-order valence-corrected chi connectivity index (χ2v) is 4.99. The number of hydrogen-bond acceptors (Lipinski definition) is 2. The average Bonchev–Trinajstić information content (AvgIpc) is 2.74. The summed E-state index contributed by atoms with van der Waals surface area (Å²) in [6.07, 6.45) is 3.52. The van der Waals surface area contributed by atoms with Crippen LogP contribution in [0.5, 0.6) is 0 Å². The van der Waals surface area contributed by atoms with Crippen LogP contribution in [0, 0.1) is 11.3 Å². The van der Waals surface area contributed by atoms with Crippen molar-refractivity contribution in [2.75, 3.05) is 0 Å². The first-order valence-corrected chi connectivity index (χ1v) is 6.18. The van der Waals surface area contributed by atoms with Gasteiger partial charge in [0.25, 0.3) is 0 Å². The van der Waals surface area contributed by atoms with E-state index in [-0.39, 0.29) is 5.92 Å². The molecule has 1 atom stereocenters. The van der Waals surface area contributed by atoms with Crippen LogP contribution < -0.4 is 0 Å². The minimum absolute atomic E-state index is 0.161. The fraction of sp³-hybridized carbons (Fsp3) is 0.167. The minimum Gasteiger partial charge on any atom is -0.238 e. The van der Waals surface area contributed by atoms with Gasteiger partial charge in [0.2, 0.25) is 0 Å². The van der Waals surface area contributed by atoms with Crippen molar-refractivity contribution in [2.24, 2.45) is 0 Å². The van der Waals surface area contributed by atoms with Crippen LogP contribution >= 0.6 is 27.5 Å². The first-order chi connectivity index (χ1) is 8.11. The number of nitrogens with zero attached hydrogens (tertiary/aromatic N) is 3. The molecule has 0 spiro atoms. The first kappa shape index (κ1) is 12.2. The van der Waals surface area contributed by atoms with Crippen molar-refractivity contribution in [1.82, 2.24) is 9.78 Å². The number of benzene rings is 1. The highest BCUT2D eigenvalue weighted by atomic mass is 79.9. The van der Waals surface area contributed by atoms with E-state index in [9.17, 15) is 0 Å². The van der Waals surface area contributed by atoms with Crippen LogP contribution in [0.2, 0.25) is 5.02 Å². The first-order valence-electron chi connectivity index (χ1n) is 5.01. The fourth-order valence-electron chi connectivity index (χ4n) is 1.49. The molecule has 0 aliphatic carbocycles. The lowest BCUT2D eigenvalue weighted by molar-refractivity contribution is 0.877. The van der Waals surface area contributed by atoms with Crippen molar-refractivity contribution in [2.45, 2.75) is 12.8 Å². The predicted molar refractivity (Wildman–Crippen MR) is 70.3 cm³/mol. The normalized spacial score (nSPS) is 12.1. The molecule has 0 radical (unpaired) electrons. The smallest absolute Gasteiger partial charge is 0.0832 e. The maximum absolute atomic E-state index is 8.85. The number of aromatic nitrogens is 2. The molecule has 0 N–H and O–H groups in total. The van der Waals surface area contributed by atoms with Crippen molar-refractivity contribution in [3.63, 3.8) is 0 Å². The molecule has 0 aliphatic heterocycles. The molecule has 5 heteroatoms. The average molecular weight is 311 g/mol. The molecule has 17 heavy (non-hydrogen) atoms. The molecule has 0 saturated carbocycles. The summed E-state index contributed by atoms with van der Waals surface area (Å²) in [6, 6.07) is 7.75. The van der Waals surface area contributed by atoms with Crippen LogP contribution in [-0.2, 0) is 0 Å². The Morgan fingerprint density at radius 3 is 2.82 bits per heavy atom. The molecule has 1 heterocycles. The van der Waals surface area contributed by atoms with E-state index in [2.05, 4.69) is 27.1 Å². The van der Waals surface area contributed by atoms with Gasteiger partial charge in [0.15, 0.2) is 0 Å². The summed E-state index contributed by atoms with van der Waals surface area (Å²) in [6.45, 7) is 1.84. The number of rotatable bonds is 2. The van der Waals surface area contributed by atoms with Gasteiger partial charge in [-0.15, -0.1) is 0 Å². The maximum atomic E-state index is 8.85. The van der Waals surface area contributed by atoms with Crippen LogP contribution in [0.4, 0.5) is 0 Å². The zero-order chi connectivity index (χ0) is 12.4. The Morgan fingerprint density at radius 2 is 2.29 bits per heavy atom. The summed E-state index contributed by atoms with van der Waals surface area (Å²) in [4.78, 5) is 0. The van der Waals surface area contributed by atoms with Gasteiger partial charge in [-0.05, 0) is 40.5 Å². The maximum Gasteiger partial charge on any atom is 0.0832 e. The SMILES string of the molecule is CC(C#N)c1ccc(-n2cc(Br)cn2)c(Cl)c1. The van der Waals surface area contributed by atoms with E-state index in [1.165, 1.54) is 0 Å². The largest absolute Gasteiger partial charge is 0.238 e. The molecule has 0 aliphatic rings. The minimum atomic E-state index is -0.161. The predicted octanol–water partition coefficient (Wildman–Crippen LogP) is 3.92. The Labute approximate surface area is 113 Å². The molecular formula is C12H9BrClN3. The van der Waals surface area contributed by atoms with Gasteiger partial charge >= 0.3 is 0 Å². The highest BCUT2D eigenvalue weighted by Crippen LogP contribution is 2.25. The standard InChI is InChI=1S/C12H9BrClN3/c1-8(5-15)9-2-3-12(11(14)4-9)17-7-10(13)6-16-17/h2-4,6-8H,1H3. The second kappa shape index (κ2) is 4.91. The van der Waals surface area contributed by atoms with Crippen LogP contribution in [0.15, 0.2) is 35.1 Å². The number of halogens is 2. The zero-order valence-corrected chi connectivity index (χ0v) is 11.4. The summed E-state index contributed by atoms with van der Waals surface area (Å²) < 4.78 is 2.58. The van der Waals surface area contributed by atoms with E-state index in [4.69, 9.17) is 16.9 Å². The lowest BCUT2D eigenvalue weighted by Crippen LogP contribution is -1.97. The molecule has 0 amide bonds. The lowest BCUT2D eigenvalue weighted by Gasteiger charge is -2.08. The quantitative estimate of drug-likeness (QED) is 0.843. The summed E-state index contributed by atoms with van der Waals surface area (Å²) in [5, 5.41) is 13.6. The monoisotopic (exact) mass is 309 g/mol. The summed E-state index contributed by atoms with van der Waals surface area (Å²) in [5.74, 6) is -0.161. The van der Waals surface area contributed by atoms with E-state index in [0.29, 0.717) is 5.02 Å².